The van der Waals surface area contributed by atoms with Crippen LogP contribution in [0.25, 0.3) is 10.1 Å². The Morgan fingerprint density at radius 1 is 0.531 bits per heavy atom. The summed E-state index contributed by atoms with van der Waals surface area (Å²) < 4.78 is 1.20. The van der Waals surface area contributed by atoms with Gasteiger partial charge in [-0.25, -0.2) is 9.59 Å². The molecule has 0 unspecified atom stereocenters. The van der Waals surface area contributed by atoms with E-state index >= 15 is 0 Å². The summed E-state index contributed by atoms with van der Waals surface area (Å²) in [5.74, 6) is -1.87. The molecule has 0 atom stereocenters. The second-order valence-electron chi connectivity index (χ2n) is 15.8. The number of halogens is 1. The van der Waals surface area contributed by atoms with Crippen molar-refractivity contribution in [2.75, 3.05) is 66.5 Å². The summed E-state index contributed by atoms with van der Waals surface area (Å²) in [6.07, 6.45) is 4.11. The molecular formula is C50H62BBrN4O8. The first kappa shape index (κ1) is 51.3. The van der Waals surface area contributed by atoms with Gasteiger partial charge >= 0.3 is 19.1 Å². The lowest BCUT2D eigenvalue weighted by Gasteiger charge is -2.27. The minimum atomic E-state index is -1.62. The molecule has 0 bridgehead atoms. The summed E-state index contributed by atoms with van der Waals surface area (Å²) in [6.45, 7) is 15.0. The van der Waals surface area contributed by atoms with Crippen LogP contribution in [-0.4, -0.2) is 137 Å². The maximum absolute atomic E-state index is 12.7. The first-order valence-electron chi connectivity index (χ1n) is 21.9. The summed E-state index contributed by atoms with van der Waals surface area (Å²) in [6, 6.07) is 28.4. The molecule has 2 aliphatic heterocycles. The second-order valence-corrected chi connectivity index (χ2v) is 16.6. The molecule has 0 radical (unpaired) electrons. The van der Waals surface area contributed by atoms with E-state index in [0.29, 0.717) is 18.7 Å². The topological polar surface area (TPSA) is 162 Å². The second kappa shape index (κ2) is 25.2. The quantitative estimate of drug-likeness (QED) is 0.105. The number of carboxylic acid groups (broad SMARTS) is 2. The van der Waals surface area contributed by atoms with Crippen LogP contribution in [0, 0.1) is 0 Å². The monoisotopic (exact) mass is 936 g/mol. The fourth-order valence-electron chi connectivity index (χ4n) is 7.59. The van der Waals surface area contributed by atoms with Gasteiger partial charge in [-0.1, -0.05) is 75.6 Å². The van der Waals surface area contributed by atoms with Crippen LogP contribution in [-0.2, 0) is 0 Å². The first-order valence-corrected chi connectivity index (χ1v) is 22.7. The number of hydrogen-bond donors (Lipinski definition) is 4. The molecule has 2 amide bonds. The average molecular weight is 938 g/mol. The molecule has 0 aromatic heterocycles. The van der Waals surface area contributed by atoms with Crippen molar-refractivity contribution < 1.29 is 39.4 Å². The van der Waals surface area contributed by atoms with Gasteiger partial charge in [-0.2, -0.15) is 0 Å². The van der Waals surface area contributed by atoms with E-state index in [1.165, 1.54) is 39.9 Å². The van der Waals surface area contributed by atoms with Gasteiger partial charge in [-0.05, 0) is 144 Å². The number of nitrogens with zero attached hydrogens (tertiary/aromatic N) is 4. The summed E-state index contributed by atoms with van der Waals surface area (Å²) in [7, 11) is 2.66. The molecule has 4 aromatic rings. The molecule has 2 fully saturated rings. The maximum atomic E-state index is 12.7. The highest BCUT2D eigenvalue weighted by Crippen LogP contribution is 2.34. The Hall–Kier alpha value is -5.38. The van der Waals surface area contributed by atoms with E-state index in [0.717, 1.165) is 92.8 Å². The van der Waals surface area contributed by atoms with Crippen LogP contribution in [0.2, 0.25) is 0 Å². The van der Waals surface area contributed by atoms with E-state index in [-0.39, 0.29) is 28.4 Å². The van der Waals surface area contributed by atoms with Crippen LogP contribution in [0.1, 0.15) is 112 Å². The van der Waals surface area contributed by atoms with E-state index in [1.807, 2.05) is 92.1 Å². The fourth-order valence-corrected chi connectivity index (χ4v) is 8.25. The third-order valence-electron chi connectivity index (χ3n) is 11.6. The Balaban J connectivity index is 0.000000230. The molecule has 0 saturated carbocycles. The molecular weight excluding hydrogens is 875 g/mol. The largest absolute Gasteiger partial charge is 0.488 e. The summed E-state index contributed by atoms with van der Waals surface area (Å²) >= 11 is 3.75. The molecule has 0 aliphatic carbocycles. The first-order chi connectivity index (χ1) is 30.6. The fraction of sp³-hybridized carbons (Fsp3) is 0.360. The molecule has 64 heavy (non-hydrogen) atoms. The van der Waals surface area contributed by atoms with Crippen molar-refractivity contribution in [3.05, 3.63) is 147 Å². The van der Waals surface area contributed by atoms with Crippen LogP contribution in [0.15, 0.2) is 108 Å². The lowest BCUT2D eigenvalue weighted by molar-refractivity contribution is 0.0686. The van der Waals surface area contributed by atoms with Gasteiger partial charge in [-0.15, -0.1) is 0 Å². The number of hydrogen-bond acceptors (Lipinski definition) is 8. The number of likely N-dealkylation sites (tertiary alicyclic amines) is 2. The van der Waals surface area contributed by atoms with Crippen molar-refractivity contribution in [3.8, 4) is 0 Å². The van der Waals surface area contributed by atoms with Crippen LogP contribution in [0.4, 0.5) is 0 Å². The van der Waals surface area contributed by atoms with Crippen LogP contribution >= 0.6 is 15.9 Å². The van der Waals surface area contributed by atoms with Crippen LogP contribution in [0.5, 0.6) is 0 Å². The van der Waals surface area contributed by atoms with Gasteiger partial charge in [-0.3, -0.25) is 9.59 Å². The molecule has 2 heterocycles. The average Bonchev–Trinajstić information content (AvgIpc) is 3.31. The number of aromatic carboxylic acids is 2. The Bertz CT molecular complexity index is 2250. The van der Waals surface area contributed by atoms with Crippen molar-refractivity contribution in [2.45, 2.75) is 53.4 Å². The predicted octanol–water partition coefficient (Wildman–Crippen LogP) is 7.46. The van der Waals surface area contributed by atoms with Gasteiger partial charge < -0.3 is 39.9 Å². The molecule has 6 rings (SSSR count). The minimum Gasteiger partial charge on any atom is -0.478 e. The van der Waals surface area contributed by atoms with E-state index < -0.39 is 19.1 Å². The van der Waals surface area contributed by atoms with Gasteiger partial charge in [0.25, 0.3) is 11.8 Å². The normalized spacial score (nSPS) is 14.0. The van der Waals surface area contributed by atoms with E-state index in [2.05, 4.69) is 39.8 Å². The predicted molar refractivity (Wildman–Crippen MR) is 259 cm³/mol. The van der Waals surface area contributed by atoms with Crippen LogP contribution in [0.3, 0.4) is 0 Å². The summed E-state index contributed by atoms with van der Waals surface area (Å²) in [5, 5.41) is 35.4. The summed E-state index contributed by atoms with van der Waals surface area (Å²) in [5.41, 5.74) is 8.94. The van der Waals surface area contributed by atoms with Crippen LogP contribution < -0.4 is 5.46 Å². The number of amides is 2. The smallest absolute Gasteiger partial charge is 0.478 e. The number of carbonyl (C=O) groups excluding carboxylic acids is 2. The number of benzene rings is 4. The SMILES string of the molecule is CCN(CC)C(=O)c1ccc(C(=C2CCN(C)CC2)c2cccc(C(=O)O)c2)cc1.CCN(CC)C(=O)c1ccc(C(Br)=C2CCN(C)CC2)cc1.O=C(O)c1cccc(B(O)O)c1. The van der Waals surface area contributed by atoms with Gasteiger partial charge in [0.2, 0.25) is 0 Å². The third kappa shape index (κ3) is 14.3. The maximum Gasteiger partial charge on any atom is 0.488 e. The zero-order valence-corrected chi connectivity index (χ0v) is 39.5. The lowest BCUT2D eigenvalue weighted by Crippen LogP contribution is -2.30. The number of carboxylic acids is 2. The van der Waals surface area contributed by atoms with E-state index in [9.17, 15) is 24.3 Å². The van der Waals surface area contributed by atoms with Gasteiger partial charge in [0.1, 0.15) is 0 Å². The van der Waals surface area contributed by atoms with Crippen molar-refractivity contribution in [1.29, 1.82) is 0 Å². The van der Waals surface area contributed by atoms with Gasteiger partial charge in [0, 0.05) is 68.0 Å². The van der Waals surface area contributed by atoms with E-state index in [4.69, 9.17) is 15.2 Å². The Kier molecular flexibility index (Phi) is 20.2. The van der Waals surface area contributed by atoms with Crippen molar-refractivity contribution in [2.24, 2.45) is 0 Å². The Morgan fingerprint density at radius 3 is 1.33 bits per heavy atom. The number of rotatable bonds is 12. The Labute approximate surface area is 386 Å². The third-order valence-corrected chi connectivity index (χ3v) is 12.6. The highest BCUT2D eigenvalue weighted by atomic mass is 79.9. The highest BCUT2D eigenvalue weighted by Gasteiger charge is 2.20. The molecule has 2 aliphatic rings. The minimum absolute atomic E-state index is 0.0351. The summed E-state index contributed by atoms with van der Waals surface area (Å²) in [4.78, 5) is 55.2. The van der Waals surface area contributed by atoms with E-state index in [1.54, 1.807) is 18.2 Å². The molecule has 4 N–H and O–H groups in total. The van der Waals surface area contributed by atoms with Gasteiger partial charge in [0.05, 0.1) is 11.1 Å². The molecule has 0 spiro atoms. The molecule has 340 valence electrons. The Morgan fingerprint density at radius 2 is 0.906 bits per heavy atom. The standard InChI is InChI=1S/C25H30N2O3.C18H25BrN2O.C7H7BO4/c1-4-27(5-2)24(28)20-11-9-18(10-12-20)23(19-13-15-26(3)16-14-19)21-7-6-8-22(17-21)25(29)30;1-4-21(5-2)18(22)16-8-6-14(7-9-16)17(19)15-10-12-20(3)13-11-15;9-7(10)5-2-1-3-6(4-5)8(11)12/h6-12,17H,4-5,13-16H2,1-3H3,(H,29,30);6-9H,4-5,10-13H2,1-3H3;1-4,11-12H,(H,9,10). The molecule has 4 aromatic carbocycles. The van der Waals surface area contributed by atoms with Gasteiger partial charge in [0.15, 0.2) is 0 Å². The molecule has 12 nitrogen and oxygen atoms in total. The lowest BCUT2D eigenvalue weighted by atomic mass is 9.80. The van der Waals surface area contributed by atoms with Crippen molar-refractivity contribution in [1.82, 2.24) is 19.6 Å². The zero-order valence-electron chi connectivity index (χ0n) is 37.9. The zero-order chi connectivity index (χ0) is 46.9. The number of carbonyl (C=O) groups is 4. The van der Waals surface area contributed by atoms with Crippen molar-refractivity contribution >= 4 is 62.3 Å². The number of piperidine rings is 2. The molecule has 14 heteroatoms. The molecule has 2 saturated heterocycles. The highest BCUT2D eigenvalue weighted by molar-refractivity contribution is 9.15. The van der Waals surface area contributed by atoms with Crippen molar-refractivity contribution in [3.63, 3.8) is 0 Å².